The highest BCUT2D eigenvalue weighted by Gasteiger charge is 2.26. The van der Waals surface area contributed by atoms with E-state index in [2.05, 4.69) is 0 Å². The first-order valence-corrected chi connectivity index (χ1v) is 12.6. The molecule has 0 saturated heterocycles. The minimum absolute atomic E-state index is 0.225. The molecule has 0 spiro atoms. The van der Waals surface area contributed by atoms with E-state index in [1.165, 1.54) is 13.2 Å². The molecule has 10 heteroatoms. The molecule has 3 aromatic rings. The van der Waals surface area contributed by atoms with Crippen molar-refractivity contribution in [3.05, 3.63) is 73.5 Å². The van der Waals surface area contributed by atoms with Crippen LogP contribution in [0.3, 0.4) is 0 Å². The van der Waals surface area contributed by atoms with E-state index in [9.17, 15) is 21.6 Å². The van der Waals surface area contributed by atoms with Gasteiger partial charge in [-0.3, -0.25) is 0 Å². The zero-order valence-corrected chi connectivity index (χ0v) is 18.8. The Kier molecular flexibility index (Phi) is 6.15. The van der Waals surface area contributed by atoms with Crippen molar-refractivity contribution in [3.8, 4) is 5.75 Å². The van der Waals surface area contributed by atoms with E-state index in [0.717, 1.165) is 15.0 Å². The van der Waals surface area contributed by atoms with Crippen LogP contribution in [0, 0.1) is 3.57 Å². The van der Waals surface area contributed by atoms with Gasteiger partial charge in [-0.1, -0.05) is 18.2 Å². The van der Waals surface area contributed by atoms with Crippen molar-refractivity contribution in [2.75, 3.05) is 12.2 Å². The summed E-state index contributed by atoms with van der Waals surface area (Å²) in [5.74, 6) is 0.602. The number of halogens is 1. The number of sulfone groups is 2. The Morgan fingerprint density at radius 1 is 1.03 bits per heavy atom. The van der Waals surface area contributed by atoms with E-state index < -0.39 is 35.3 Å². The second-order valence-corrected chi connectivity index (χ2v) is 11.5. The van der Waals surface area contributed by atoms with Crippen molar-refractivity contribution < 1.29 is 26.0 Å². The van der Waals surface area contributed by atoms with E-state index in [0.29, 0.717) is 16.7 Å². The SMILES string of the molecule is COc1ccc(C=CS(=O)(=O)CS(=O)(=O)c2cc3ccc(I)cc3oc2=O)cc1. The molecule has 7 nitrogen and oxygen atoms in total. The van der Waals surface area contributed by atoms with E-state index in [-0.39, 0.29) is 5.58 Å². The smallest absolute Gasteiger partial charge is 0.355 e. The van der Waals surface area contributed by atoms with Gasteiger partial charge in [0.25, 0.3) is 0 Å². The van der Waals surface area contributed by atoms with Crippen molar-refractivity contribution in [3.63, 3.8) is 0 Å². The van der Waals surface area contributed by atoms with Crippen LogP contribution in [0.5, 0.6) is 5.75 Å². The molecule has 0 N–H and O–H groups in total. The van der Waals surface area contributed by atoms with Crippen LogP contribution >= 0.6 is 22.6 Å². The molecule has 0 unspecified atom stereocenters. The fourth-order valence-corrected chi connectivity index (χ4v) is 6.48. The summed E-state index contributed by atoms with van der Waals surface area (Å²) < 4.78 is 60.7. The van der Waals surface area contributed by atoms with Gasteiger partial charge in [0.15, 0.2) is 29.7 Å². The molecule has 152 valence electrons. The molecule has 0 aliphatic heterocycles. The number of hydrogen-bond donors (Lipinski definition) is 0. The molecule has 0 atom stereocenters. The zero-order chi connectivity index (χ0) is 21.2. The second-order valence-electron chi connectivity index (χ2n) is 6.05. The maximum Gasteiger partial charge on any atom is 0.355 e. The van der Waals surface area contributed by atoms with Crippen LogP contribution in [-0.4, -0.2) is 29.0 Å². The predicted octanol–water partition coefficient (Wildman–Crippen LogP) is 3.22. The Balaban J connectivity index is 1.90. The van der Waals surface area contributed by atoms with Crippen LogP contribution < -0.4 is 10.4 Å². The number of benzene rings is 2. The lowest BCUT2D eigenvalue weighted by Crippen LogP contribution is -2.21. The molecular formula is C19H15IO7S2. The van der Waals surface area contributed by atoms with Crippen LogP contribution in [0.15, 0.2) is 68.0 Å². The fraction of sp³-hybridized carbons (Fsp3) is 0.105. The molecule has 1 heterocycles. The lowest BCUT2D eigenvalue weighted by molar-refractivity contribution is 0.415. The Morgan fingerprint density at radius 3 is 2.38 bits per heavy atom. The monoisotopic (exact) mass is 546 g/mol. The second kappa shape index (κ2) is 8.28. The van der Waals surface area contributed by atoms with Gasteiger partial charge in [-0.05, 0) is 64.6 Å². The molecule has 1 aromatic heterocycles. The lowest BCUT2D eigenvalue weighted by Gasteiger charge is -2.04. The Morgan fingerprint density at radius 2 is 1.72 bits per heavy atom. The summed E-state index contributed by atoms with van der Waals surface area (Å²) in [6, 6.07) is 12.6. The molecule has 0 aliphatic carbocycles. The van der Waals surface area contributed by atoms with Crippen LogP contribution in [0.2, 0.25) is 0 Å². The van der Waals surface area contributed by atoms with Crippen LogP contribution in [-0.2, 0) is 19.7 Å². The molecule has 0 aliphatic rings. The molecule has 0 bridgehead atoms. The molecular weight excluding hydrogens is 531 g/mol. The molecule has 0 radical (unpaired) electrons. The van der Waals surface area contributed by atoms with Crippen LogP contribution in [0.25, 0.3) is 17.0 Å². The van der Waals surface area contributed by atoms with E-state index in [1.54, 1.807) is 42.5 Å². The van der Waals surface area contributed by atoms with Crippen LogP contribution in [0.4, 0.5) is 0 Å². The number of hydrogen-bond acceptors (Lipinski definition) is 7. The number of fused-ring (bicyclic) bond motifs is 1. The highest BCUT2D eigenvalue weighted by molar-refractivity contribution is 14.1. The molecule has 3 rings (SSSR count). The third kappa shape index (κ3) is 5.25. The van der Waals surface area contributed by atoms with Crippen molar-refractivity contribution in [1.29, 1.82) is 0 Å². The first-order valence-electron chi connectivity index (χ1n) is 8.11. The first kappa shape index (κ1) is 21.5. The van der Waals surface area contributed by atoms with Gasteiger partial charge in [0, 0.05) is 14.4 Å². The van der Waals surface area contributed by atoms with Gasteiger partial charge >= 0.3 is 5.63 Å². The third-order valence-corrected chi connectivity index (χ3v) is 8.64. The Labute approximate surface area is 181 Å². The summed E-state index contributed by atoms with van der Waals surface area (Å²) >= 11 is 2.03. The maximum atomic E-state index is 12.6. The van der Waals surface area contributed by atoms with Gasteiger partial charge < -0.3 is 9.15 Å². The summed E-state index contributed by atoms with van der Waals surface area (Å²) in [5, 5.41) is -0.0558. The number of ether oxygens (including phenoxy) is 1. The van der Waals surface area contributed by atoms with E-state index in [4.69, 9.17) is 9.15 Å². The summed E-state index contributed by atoms with van der Waals surface area (Å²) in [6.45, 7) is 0. The molecule has 0 amide bonds. The molecule has 29 heavy (non-hydrogen) atoms. The minimum atomic E-state index is -4.43. The van der Waals surface area contributed by atoms with Crippen molar-refractivity contribution in [1.82, 2.24) is 0 Å². The average molecular weight is 546 g/mol. The van der Waals surface area contributed by atoms with Gasteiger partial charge in [0.05, 0.1) is 7.11 Å². The standard InChI is InChI=1S/C19H15IO7S2/c1-26-16-6-2-13(3-7-16)8-9-28(22,23)12-29(24,25)18-10-14-4-5-15(20)11-17(14)27-19(18)21/h2-11H,12H2,1H3. The van der Waals surface area contributed by atoms with Crippen molar-refractivity contribution in [2.24, 2.45) is 0 Å². The normalized spacial score (nSPS) is 12.5. The van der Waals surface area contributed by atoms with Gasteiger partial charge in [0.2, 0.25) is 0 Å². The molecule has 0 fully saturated rings. The van der Waals surface area contributed by atoms with E-state index in [1.807, 2.05) is 22.6 Å². The first-order chi connectivity index (χ1) is 13.6. The molecule has 2 aromatic carbocycles. The Hall–Kier alpha value is -2.18. The van der Waals surface area contributed by atoms with Gasteiger partial charge in [-0.2, -0.15) is 0 Å². The van der Waals surface area contributed by atoms with E-state index >= 15 is 0 Å². The highest BCUT2D eigenvalue weighted by Crippen LogP contribution is 2.20. The summed E-state index contributed by atoms with van der Waals surface area (Å²) in [4.78, 5) is 11.5. The number of rotatable bonds is 6. The highest BCUT2D eigenvalue weighted by atomic mass is 127. The fourth-order valence-electron chi connectivity index (χ4n) is 2.50. The summed E-state index contributed by atoms with van der Waals surface area (Å²) in [6.07, 6.45) is 1.27. The van der Waals surface area contributed by atoms with Crippen LogP contribution in [0.1, 0.15) is 5.56 Å². The van der Waals surface area contributed by atoms with Crippen molar-refractivity contribution in [2.45, 2.75) is 4.90 Å². The number of methoxy groups -OCH3 is 1. The maximum absolute atomic E-state index is 12.6. The predicted molar refractivity (Wildman–Crippen MR) is 118 cm³/mol. The minimum Gasteiger partial charge on any atom is -0.497 e. The largest absolute Gasteiger partial charge is 0.497 e. The van der Waals surface area contributed by atoms with Gasteiger partial charge in [-0.15, -0.1) is 0 Å². The van der Waals surface area contributed by atoms with Crippen molar-refractivity contribution >= 4 is 59.3 Å². The average Bonchev–Trinajstić information content (AvgIpc) is 2.65. The quantitative estimate of drug-likeness (QED) is 0.345. The van der Waals surface area contributed by atoms with Gasteiger partial charge in [-0.25, -0.2) is 21.6 Å². The lowest BCUT2D eigenvalue weighted by atomic mass is 10.2. The summed E-state index contributed by atoms with van der Waals surface area (Å²) in [5.41, 5.74) is -0.330. The summed E-state index contributed by atoms with van der Waals surface area (Å²) in [7, 11) is -7.09. The van der Waals surface area contributed by atoms with Gasteiger partial charge in [0.1, 0.15) is 11.3 Å². The third-order valence-electron chi connectivity index (χ3n) is 3.90. The topological polar surface area (TPSA) is 108 Å². The zero-order valence-electron chi connectivity index (χ0n) is 15.0. The molecule has 0 saturated carbocycles. The Bertz CT molecular complexity index is 1350.